The van der Waals surface area contributed by atoms with Gasteiger partial charge in [0.1, 0.15) is 11.5 Å². The Morgan fingerprint density at radius 2 is 2.11 bits per heavy atom. The molecule has 0 unspecified atom stereocenters. The smallest absolute Gasteiger partial charge is 0.188 e. The van der Waals surface area contributed by atoms with Crippen molar-refractivity contribution >= 4 is 23.5 Å². The molecule has 0 aliphatic heterocycles. The molecule has 0 radical (unpaired) electrons. The molecule has 0 bridgehead atoms. The van der Waals surface area contributed by atoms with Crippen molar-refractivity contribution in [3.63, 3.8) is 0 Å². The van der Waals surface area contributed by atoms with Crippen LogP contribution >= 0.6 is 11.9 Å². The number of nitrogens with zero attached hydrogens (tertiary/aromatic N) is 2. The van der Waals surface area contributed by atoms with E-state index >= 15 is 0 Å². The molecule has 0 aliphatic rings. The van der Waals surface area contributed by atoms with E-state index in [1.807, 2.05) is 0 Å². The van der Waals surface area contributed by atoms with Crippen LogP contribution in [-0.2, 0) is 11.3 Å². The molecular weight excluding hydrogens is 374 g/mol. The number of aromatic nitrogens is 2. The van der Waals surface area contributed by atoms with Crippen LogP contribution in [0.4, 0.5) is 14.6 Å². The second-order valence-electron chi connectivity index (χ2n) is 5.26. The van der Waals surface area contributed by atoms with Gasteiger partial charge in [0.05, 0.1) is 13.3 Å². The molecular formula is C17H20F2N6OS. The summed E-state index contributed by atoms with van der Waals surface area (Å²) in [5.74, 6) is -0.160. The van der Waals surface area contributed by atoms with Crippen LogP contribution in [0.25, 0.3) is 0 Å². The van der Waals surface area contributed by atoms with E-state index in [4.69, 9.17) is 15.3 Å². The van der Waals surface area contributed by atoms with Crippen molar-refractivity contribution in [1.82, 2.24) is 15.3 Å². The Hall–Kier alpha value is -2.72. The van der Waals surface area contributed by atoms with Crippen molar-refractivity contribution < 1.29 is 13.5 Å². The first kappa shape index (κ1) is 20.6. The molecule has 1 heterocycles. The molecule has 0 spiro atoms. The number of rotatable bonds is 10. The molecule has 0 atom stereocenters. The maximum Gasteiger partial charge on any atom is 0.188 e. The van der Waals surface area contributed by atoms with E-state index in [1.54, 1.807) is 18.2 Å². The van der Waals surface area contributed by atoms with Gasteiger partial charge in [0.2, 0.25) is 0 Å². The van der Waals surface area contributed by atoms with Crippen molar-refractivity contribution in [2.45, 2.75) is 6.54 Å². The number of hydrogen-bond acceptors (Lipinski definition) is 8. The lowest BCUT2D eigenvalue weighted by Gasteiger charge is -2.11. The lowest BCUT2D eigenvalue weighted by atomic mass is 10.2. The summed E-state index contributed by atoms with van der Waals surface area (Å²) in [6.07, 6.45) is 2.33. The average molecular weight is 394 g/mol. The Labute approximate surface area is 160 Å². The van der Waals surface area contributed by atoms with Gasteiger partial charge in [-0.3, -0.25) is 10.5 Å². The van der Waals surface area contributed by atoms with Gasteiger partial charge in [0.25, 0.3) is 0 Å². The third-order valence-electron chi connectivity index (χ3n) is 3.40. The summed E-state index contributed by atoms with van der Waals surface area (Å²) < 4.78 is 32.6. The minimum atomic E-state index is -0.623. The van der Waals surface area contributed by atoms with Crippen molar-refractivity contribution in [1.29, 1.82) is 5.41 Å². The van der Waals surface area contributed by atoms with E-state index in [-0.39, 0.29) is 35.6 Å². The number of anilines is 1. The number of methoxy groups -OCH3 is 1. The van der Waals surface area contributed by atoms with Gasteiger partial charge in [0, 0.05) is 30.5 Å². The molecule has 5 N–H and O–H groups in total. The maximum atomic E-state index is 13.8. The fourth-order valence-corrected chi connectivity index (χ4v) is 2.27. The second-order valence-corrected chi connectivity index (χ2v) is 6.00. The summed E-state index contributed by atoms with van der Waals surface area (Å²) in [4.78, 5) is 7.82. The molecule has 27 heavy (non-hydrogen) atoms. The van der Waals surface area contributed by atoms with Gasteiger partial charge in [-0.05, 0) is 6.07 Å². The van der Waals surface area contributed by atoms with Crippen molar-refractivity contribution in [2.24, 2.45) is 5.14 Å². The number of nitrogens with one attached hydrogen (secondary N) is 3. The average Bonchev–Trinajstić information content (AvgIpc) is 2.67. The normalized spacial score (nSPS) is 11.2. The van der Waals surface area contributed by atoms with Gasteiger partial charge in [0.15, 0.2) is 23.3 Å². The molecule has 10 heteroatoms. The zero-order chi connectivity index (χ0) is 19.6. The molecule has 1 aromatic heterocycles. The Bertz CT molecular complexity index is 818. The summed E-state index contributed by atoms with van der Waals surface area (Å²) in [5.41, 5.74) is 0.360. The van der Waals surface area contributed by atoms with E-state index in [9.17, 15) is 8.78 Å². The molecule has 2 rings (SSSR count). The molecule has 0 saturated heterocycles. The number of hydrogen-bond donors (Lipinski definition) is 4. The summed E-state index contributed by atoms with van der Waals surface area (Å²) in [7, 11) is 1.41. The monoisotopic (exact) mass is 394 g/mol. The van der Waals surface area contributed by atoms with E-state index in [0.29, 0.717) is 17.9 Å². The summed E-state index contributed by atoms with van der Waals surface area (Å²) in [6, 6.07) is 6.33. The van der Waals surface area contributed by atoms with Crippen molar-refractivity contribution in [3.05, 3.63) is 65.4 Å². The fourth-order valence-electron chi connectivity index (χ4n) is 2.05. The van der Waals surface area contributed by atoms with E-state index in [0.717, 1.165) is 18.1 Å². The van der Waals surface area contributed by atoms with Crippen LogP contribution in [0, 0.1) is 17.0 Å². The minimum absolute atomic E-state index is 0.00881. The Balaban J connectivity index is 2.08. The summed E-state index contributed by atoms with van der Waals surface area (Å²) in [5, 5.41) is 19.1. The highest BCUT2D eigenvalue weighted by molar-refractivity contribution is 7.97. The molecule has 144 valence electrons. The van der Waals surface area contributed by atoms with Crippen LogP contribution in [-0.4, -0.2) is 35.1 Å². The highest BCUT2D eigenvalue weighted by atomic mass is 32.2. The molecule has 0 aliphatic carbocycles. The minimum Gasteiger partial charge on any atom is -0.482 e. The van der Waals surface area contributed by atoms with E-state index in [1.165, 1.54) is 19.3 Å². The maximum absolute atomic E-state index is 13.8. The molecule has 2 aromatic rings. The Kier molecular flexibility index (Phi) is 7.96. The van der Waals surface area contributed by atoms with Gasteiger partial charge in [-0.2, -0.15) is 0 Å². The van der Waals surface area contributed by atoms with Gasteiger partial charge in [-0.15, -0.1) is 0 Å². The standard InChI is InChI=1S/C17H20F2N6OS/c1-26-15(23-9-11-4-2-3-5-12(11)18)8-14(20)17-24-10-13(19)16(25-17)22-6-7-27-21/h2-5,8,10,20,23H,6-7,9,21H2,1H3,(H,22,24,25)/b15-8+,20-14?. The number of nitrogens with two attached hydrogens (primary N) is 1. The van der Waals surface area contributed by atoms with Gasteiger partial charge < -0.3 is 15.4 Å². The van der Waals surface area contributed by atoms with Gasteiger partial charge >= 0.3 is 0 Å². The van der Waals surface area contributed by atoms with Crippen LogP contribution in [0.15, 0.2) is 42.4 Å². The van der Waals surface area contributed by atoms with Crippen molar-refractivity contribution in [2.75, 3.05) is 24.7 Å². The quantitative estimate of drug-likeness (QED) is 0.212. The fraction of sp³-hybridized carbons (Fsp3) is 0.235. The van der Waals surface area contributed by atoms with Crippen LogP contribution in [0.3, 0.4) is 0 Å². The van der Waals surface area contributed by atoms with E-state index in [2.05, 4.69) is 20.6 Å². The number of allylic oxidation sites excluding steroid dienone is 1. The number of halogens is 2. The SMILES string of the molecule is CO/C(=C/C(=N)c1ncc(F)c(NCCSN)n1)NCc1ccccc1F. The largest absolute Gasteiger partial charge is 0.482 e. The molecule has 0 saturated carbocycles. The predicted molar refractivity (Wildman–Crippen MR) is 102 cm³/mol. The highest BCUT2D eigenvalue weighted by Crippen LogP contribution is 2.11. The molecule has 0 fully saturated rings. The van der Waals surface area contributed by atoms with Crippen molar-refractivity contribution in [3.8, 4) is 0 Å². The predicted octanol–water partition coefficient (Wildman–Crippen LogP) is 2.42. The first-order valence-electron chi connectivity index (χ1n) is 7.95. The van der Waals surface area contributed by atoms with Crippen LogP contribution < -0.4 is 15.8 Å². The van der Waals surface area contributed by atoms with E-state index < -0.39 is 5.82 Å². The molecule has 7 nitrogen and oxygen atoms in total. The lowest BCUT2D eigenvalue weighted by Crippen LogP contribution is -2.18. The Morgan fingerprint density at radius 1 is 1.33 bits per heavy atom. The number of ether oxygens (including phenoxy) is 1. The third kappa shape index (κ3) is 6.19. The first-order chi connectivity index (χ1) is 13.0. The first-order valence-corrected chi connectivity index (χ1v) is 9.00. The Morgan fingerprint density at radius 3 is 2.81 bits per heavy atom. The van der Waals surface area contributed by atoms with Gasteiger partial charge in [-0.25, -0.2) is 18.7 Å². The van der Waals surface area contributed by atoms with Crippen LogP contribution in [0.2, 0.25) is 0 Å². The number of benzene rings is 1. The van der Waals surface area contributed by atoms with Crippen LogP contribution in [0.5, 0.6) is 0 Å². The zero-order valence-electron chi connectivity index (χ0n) is 14.6. The van der Waals surface area contributed by atoms with Gasteiger partial charge in [-0.1, -0.05) is 30.1 Å². The molecule has 1 aromatic carbocycles. The lowest BCUT2D eigenvalue weighted by molar-refractivity contribution is 0.260. The highest BCUT2D eigenvalue weighted by Gasteiger charge is 2.11. The zero-order valence-corrected chi connectivity index (χ0v) is 15.4. The summed E-state index contributed by atoms with van der Waals surface area (Å²) >= 11 is 1.12. The van der Waals surface area contributed by atoms with Crippen LogP contribution in [0.1, 0.15) is 11.4 Å². The topological polar surface area (TPSA) is 109 Å². The third-order valence-corrected chi connectivity index (χ3v) is 3.84. The second kappa shape index (κ2) is 10.4. The summed E-state index contributed by atoms with van der Waals surface area (Å²) in [6.45, 7) is 0.596. The molecule has 0 amide bonds.